The first-order valence-electron chi connectivity index (χ1n) is 7.53. The monoisotopic (exact) mass is 379 g/mol. The minimum Gasteiger partial charge on any atom is -1.00 e. The minimum absolute atomic E-state index is 0. The Morgan fingerprint density at radius 1 is 1.04 bits per heavy atom. The van der Waals surface area contributed by atoms with Crippen molar-refractivity contribution in [3.63, 3.8) is 0 Å². The number of ketones is 1. The van der Waals surface area contributed by atoms with E-state index in [2.05, 4.69) is 33.2 Å². The second-order valence-electron chi connectivity index (χ2n) is 6.42. The summed E-state index contributed by atoms with van der Waals surface area (Å²) in [5.74, 6) is -0.247. The van der Waals surface area contributed by atoms with Gasteiger partial charge in [-0.3, -0.25) is 4.79 Å². The summed E-state index contributed by atoms with van der Waals surface area (Å²) in [4.78, 5) is 12.2. The summed E-state index contributed by atoms with van der Waals surface area (Å²) in [5.41, 5.74) is 3.16. The van der Waals surface area contributed by atoms with Gasteiger partial charge in [0.05, 0.1) is 27.1 Å². The average Bonchev–Trinajstić information content (AvgIpc) is 2.48. The van der Waals surface area contributed by atoms with Crippen molar-refractivity contribution in [3.05, 3.63) is 71.0 Å². The fourth-order valence-corrected chi connectivity index (χ4v) is 2.51. The molecule has 0 unspecified atom stereocenters. The molecule has 23 heavy (non-hydrogen) atoms. The van der Waals surface area contributed by atoms with Crippen molar-refractivity contribution in [2.24, 2.45) is 0 Å². The lowest BCUT2D eigenvalue weighted by molar-refractivity contribution is -0.903. The van der Waals surface area contributed by atoms with Crippen LogP contribution >= 0.6 is 0 Å². The third-order valence-corrected chi connectivity index (χ3v) is 3.97. The number of aryl methyl sites for hydroxylation is 1. The fourth-order valence-electron chi connectivity index (χ4n) is 2.51. The Hall–Kier alpha value is -1.52. The van der Waals surface area contributed by atoms with Gasteiger partial charge in [0.25, 0.3) is 0 Å². The van der Waals surface area contributed by atoms with Crippen LogP contribution in [0.2, 0.25) is 0 Å². The third kappa shape index (κ3) is 5.88. The van der Waals surface area contributed by atoms with Crippen LogP contribution in [0.5, 0.6) is 0 Å². The first kappa shape index (κ1) is 19.5. The quantitative estimate of drug-likeness (QED) is 0.540. The molecule has 0 saturated heterocycles. The van der Waals surface area contributed by atoms with Gasteiger partial charge < -0.3 is 21.5 Å². The Balaban J connectivity index is 0.00000264. The molecule has 2 aromatic rings. The van der Waals surface area contributed by atoms with E-state index in [4.69, 9.17) is 0 Å². The van der Waals surface area contributed by atoms with E-state index in [-0.39, 0.29) is 28.6 Å². The molecule has 0 aliphatic carbocycles. The summed E-state index contributed by atoms with van der Waals surface area (Å²) in [6.07, 6.45) is 0.463. The Morgan fingerprint density at radius 2 is 1.65 bits per heavy atom. The highest BCUT2D eigenvalue weighted by atomic mass is 79.9. The van der Waals surface area contributed by atoms with E-state index in [1.165, 1.54) is 23.3 Å². The summed E-state index contributed by atoms with van der Waals surface area (Å²) in [6, 6.07) is 14.1. The Kier molecular flexibility index (Phi) is 7.10. The summed E-state index contributed by atoms with van der Waals surface area (Å²) in [6.45, 7) is 3.76. The van der Waals surface area contributed by atoms with E-state index in [1.807, 2.05) is 12.1 Å². The van der Waals surface area contributed by atoms with Gasteiger partial charge >= 0.3 is 0 Å². The van der Waals surface area contributed by atoms with Crippen molar-refractivity contribution in [1.29, 1.82) is 0 Å². The molecule has 0 spiro atoms. The van der Waals surface area contributed by atoms with Gasteiger partial charge in [-0.25, -0.2) is 4.39 Å². The van der Waals surface area contributed by atoms with Crippen LogP contribution in [-0.2, 0) is 6.54 Å². The lowest BCUT2D eigenvalue weighted by Crippen LogP contribution is -3.00. The minimum atomic E-state index is -0.313. The molecule has 0 aromatic heterocycles. The molecule has 0 aliphatic heterocycles. The number of quaternary nitrogens is 1. The molecule has 0 bridgehead atoms. The number of nitrogens with zero attached hydrogens (tertiary/aromatic N) is 1. The summed E-state index contributed by atoms with van der Waals surface area (Å²) in [5, 5.41) is 0. The zero-order chi connectivity index (χ0) is 16.2. The lowest BCUT2D eigenvalue weighted by Gasteiger charge is -2.30. The van der Waals surface area contributed by atoms with Gasteiger partial charge in [0, 0.05) is 11.1 Å². The number of hydrogen-bond donors (Lipinski definition) is 0. The van der Waals surface area contributed by atoms with Crippen LogP contribution in [0.4, 0.5) is 4.39 Å². The molecule has 2 nitrogen and oxygen atoms in total. The molecule has 2 rings (SSSR count). The smallest absolute Gasteiger partial charge is 0.168 e. The molecule has 0 radical (unpaired) electrons. The van der Waals surface area contributed by atoms with Gasteiger partial charge in [0.2, 0.25) is 0 Å². The van der Waals surface area contributed by atoms with Gasteiger partial charge in [-0.1, -0.05) is 24.3 Å². The zero-order valence-electron chi connectivity index (χ0n) is 13.9. The largest absolute Gasteiger partial charge is 1.00 e. The zero-order valence-corrected chi connectivity index (χ0v) is 15.4. The van der Waals surface area contributed by atoms with Crippen LogP contribution in [0.1, 0.15) is 27.9 Å². The molecule has 124 valence electrons. The Labute approximate surface area is 148 Å². The Bertz CT molecular complexity index is 653. The maximum Gasteiger partial charge on any atom is 0.168 e. The molecule has 0 amide bonds. The van der Waals surface area contributed by atoms with E-state index in [9.17, 15) is 9.18 Å². The predicted molar refractivity (Wildman–Crippen MR) is 87.2 cm³/mol. The number of benzene rings is 2. The van der Waals surface area contributed by atoms with Crippen molar-refractivity contribution in [2.45, 2.75) is 19.9 Å². The number of rotatable bonds is 6. The normalized spacial score (nSPS) is 11.0. The lowest BCUT2D eigenvalue weighted by atomic mass is 10.1. The van der Waals surface area contributed by atoms with Crippen molar-refractivity contribution >= 4 is 5.78 Å². The average molecular weight is 380 g/mol. The number of halogens is 2. The molecule has 0 N–H and O–H groups in total. The highest BCUT2D eigenvalue weighted by Crippen LogP contribution is 2.15. The molecule has 0 saturated carbocycles. The summed E-state index contributed by atoms with van der Waals surface area (Å²) >= 11 is 0. The fraction of sp³-hybridized carbons (Fsp3) is 0.316. The summed E-state index contributed by atoms with van der Waals surface area (Å²) < 4.78 is 13.6. The number of carbonyl (C=O) groups is 1. The van der Waals surface area contributed by atoms with Crippen LogP contribution in [0.15, 0.2) is 48.5 Å². The van der Waals surface area contributed by atoms with Crippen molar-refractivity contribution in [3.8, 4) is 0 Å². The maximum absolute atomic E-state index is 12.9. The molecule has 0 aliphatic rings. The van der Waals surface area contributed by atoms with E-state index in [0.717, 1.165) is 17.6 Å². The molecule has 0 heterocycles. The van der Waals surface area contributed by atoms with Crippen LogP contribution in [0.25, 0.3) is 0 Å². The van der Waals surface area contributed by atoms with Gasteiger partial charge in [-0.15, -0.1) is 0 Å². The van der Waals surface area contributed by atoms with Crippen LogP contribution in [-0.4, -0.2) is 30.9 Å². The van der Waals surface area contributed by atoms with Gasteiger partial charge in [0.15, 0.2) is 5.78 Å². The van der Waals surface area contributed by atoms with E-state index >= 15 is 0 Å². The first-order chi connectivity index (χ1) is 10.4. The van der Waals surface area contributed by atoms with E-state index < -0.39 is 0 Å². The van der Waals surface area contributed by atoms with Gasteiger partial charge in [0.1, 0.15) is 12.4 Å². The molecule has 0 atom stereocenters. The van der Waals surface area contributed by atoms with Crippen molar-refractivity contribution in [1.82, 2.24) is 0 Å². The summed E-state index contributed by atoms with van der Waals surface area (Å²) in [7, 11) is 4.26. The second kappa shape index (κ2) is 8.37. The molecular formula is C19H23BrFNO. The molecule has 4 heteroatoms. The first-order valence-corrected chi connectivity index (χ1v) is 7.53. The molecular weight excluding hydrogens is 357 g/mol. The van der Waals surface area contributed by atoms with Crippen LogP contribution in [0, 0.1) is 12.7 Å². The van der Waals surface area contributed by atoms with Crippen molar-refractivity contribution in [2.75, 3.05) is 20.6 Å². The molecule has 2 aromatic carbocycles. The molecule has 0 fully saturated rings. The number of hydrogen-bond acceptors (Lipinski definition) is 1. The number of carbonyl (C=O) groups excluding carboxylic acids is 1. The number of Topliss-reactive ketones (excluding diaryl/α,β-unsaturated/α-hetero) is 1. The van der Waals surface area contributed by atoms with Crippen molar-refractivity contribution < 1.29 is 30.6 Å². The van der Waals surface area contributed by atoms with E-state index in [1.54, 1.807) is 12.1 Å². The second-order valence-corrected chi connectivity index (χ2v) is 6.42. The third-order valence-electron chi connectivity index (χ3n) is 3.97. The van der Waals surface area contributed by atoms with E-state index in [0.29, 0.717) is 12.0 Å². The van der Waals surface area contributed by atoms with Crippen LogP contribution in [0.3, 0.4) is 0 Å². The SMILES string of the molecule is Cc1ccccc1C[N+](C)(C)CCC(=O)c1ccc(F)cc1.[Br-]. The maximum atomic E-state index is 12.9. The van der Waals surface area contributed by atoms with Gasteiger partial charge in [-0.2, -0.15) is 0 Å². The predicted octanol–water partition coefficient (Wildman–Crippen LogP) is 0.988. The highest BCUT2D eigenvalue weighted by Gasteiger charge is 2.19. The Morgan fingerprint density at radius 3 is 2.26 bits per heavy atom. The van der Waals surface area contributed by atoms with Gasteiger partial charge in [-0.05, 0) is 36.8 Å². The highest BCUT2D eigenvalue weighted by molar-refractivity contribution is 5.96. The van der Waals surface area contributed by atoms with Crippen LogP contribution < -0.4 is 17.0 Å². The standard InChI is InChI=1S/C19H23FNO.BrH/c1-15-6-4-5-7-17(15)14-21(2,3)13-12-19(22)16-8-10-18(20)11-9-16;/h4-11H,12-14H2,1-3H3;1H/q+1;/p-1. The topological polar surface area (TPSA) is 17.1 Å².